The van der Waals surface area contributed by atoms with Crippen molar-refractivity contribution < 1.29 is 57.6 Å². The van der Waals surface area contributed by atoms with Gasteiger partial charge in [-0.2, -0.15) is 30.6 Å². The molecule has 0 spiro atoms. The van der Waals surface area contributed by atoms with Gasteiger partial charge in [0.25, 0.3) is 12.3 Å². The van der Waals surface area contributed by atoms with Crippen molar-refractivity contribution in [2.45, 2.75) is 44.8 Å². The molecule has 1 N–H and O–H groups in total. The number of nitrogens with one attached hydrogen (secondary N) is 1. The molecule has 0 saturated carbocycles. The van der Waals surface area contributed by atoms with Crippen LogP contribution in [0, 0.1) is 12.7 Å². The molecular formula is C24H22F9N3O4S. The van der Waals surface area contributed by atoms with Crippen molar-refractivity contribution in [3.05, 3.63) is 69.5 Å². The summed E-state index contributed by atoms with van der Waals surface area (Å²) in [4.78, 5) is 17.0. The van der Waals surface area contributed by atoms with Gasteiger partial charge in [0.05, 0.1) is 29.1 Å². The predicted octanol–water partition coefficient (Wildman–Crippen LogP) is 5.51. The first-order chi connectivity index (χ1) is 18.7. The van der Waals surface area contributed by atoms with Crippen LogP contribution in [0.15, 0.2) is 35.5 Å². The fourth-order valence-corrected chi connectivity index (χ4v) is 4.77. The Morgan fingerprint density at radius 1 is 1.07 bits per heavy atom. The summed E-state index contributed by atoms with van der Waals surface area (Å²) in [5.41, 5.74) is -5.32. The number of oxime groups is 1. The van der Waals surface area contributed by atoms with Crippen LogP contribution in [0.5, 0.6) is 0 Å². The molecule has 2 aromatic carbocycles. The molecule has 1 fully saturated rings. The third kappa shape index (κ3) is 7.49. The van der Waals surface area contributed by atoms with Crippen LogP contribution in [0.25, 0.3) is 0 Å². The lowest BCUT2D eigenvalue weighted by atomic mass is 10.00. The number of rotatable bonds is 8. The number of amides is 1. The molecule has 1 amide bonds. The summed E-state index contributed by atoms with van der Waals surface area (Å²) in [5, 5.41) is 5.90. The van der Waals surface area contributed by atoms with E-state index in [1.807, 2.05) is 0 Å². The number of halogens is 9. The van der Waals surface area contributed by atoms with Gasteiger partial charge in [0, 0.05) is 24.2 Å². The summed E-state index contributed by atoms with van der Waals surface area (Å²) < 4.78 is 146. The molecule has 1 atom stereocenters. The monoisotopic (exact) mass is 619 g/mol. The molecule has 0 bridgehead atoms. The molecule has 7 nitrogen and oxygen atoms in total. The lowest BCUT2D eigenvalue weighted by Gasteiger charge is -2.37. The maximum absolute atomic E-state index is 14.5. The maximum Gasteiger partial charge on any atom is 0.432 e. The van der Waals surface area contributed by atoms with Crippen LogP contribution in [-0.4, -0.2) is 55.9 Å². The van der Waals surface area contributed by atoms with Crippen molar-refractivity contribution >= 4 is 21.6 Å². The SMILES string of the molecule is C/C(=N\OC(c1cc(C(F)(F)F)cc(C(F)F)c1F)C(F)(F)F)c1ccc(C(=O)NC2CN(S(C)(=O)=O)C2)c(C)c1. The average molecular weight is 620 g/mol. The number of carbonyl (C=O) groups is 1. The zero-order valence-electron chi connectivity index (χ0n) is 21.4. The van der Waals surface area contributed by atoms with Crippen LogP contribution in [0.2, 0.25) is 0 Å². The van der Waals surface area contributed by atoms with Crippen LogP contribution < -0.4 is 5.32 Å². The summed E-state index contributed by atoms with van der Waals surface area (Å²) in [7, 11) is -3.40. The van der Waals surface area contributed by atoms with E-state index in [1.54, 1.807) is 0 Å². The normalized spacial score (nSPS) is 16.5. The van der Waals surface area contributed by atoms with E-state index < -0.39 is 69.4 Å². The van der Waals surface area contributed by atoms with Crippen molar-refractivity contribution in [1.29, 1.82) is 0 Å². The minimum absolute atomic E-state index is 0.0798. The highest BCUT2D eigenvalue weighted by molar-refractivity contribution is 7.88. The molecule has 1 unspecified atom stereocenters. The van der Waals surface area contributed by atoms with Crippen molar-refractivity contribution in [3.63, 3.8) is 0 Å². The van der Waals surface area contributed by atoms with Gasteiger partial charge in [0.15, 0.2) is 0 Å². The zero-order valence-corrected chi connectivity index (χ0v) is 22.2. The Bertz CT molecular complexity index is 1450. The fraction of sp³-hybridized carbons (Fsp3) is 0.417. The quantitative estimate of drug-likeness (QED) is 0.240. The molecule has 1 saturated heterocycles. The van der Waals surface area contributed by atoms with Crippen LogP contribution in [-0.2, 0) is 21.0 Å². The van der Waals surface area contributed by atoms with E-state index in [2.05, 4.69) is 15.3 Å². The number of nitrogens with zero attached hydrogens (tertiary/aromatic N) is 2. The Hall–Kier alpha value is -3.34. The molecular weight excluding hydrogens is 597 g/mol. The molecule has 226 valence electrons. The molecule has 0 aliphatic carbocycles. The van der Waals surface area contributed by atoms with Crippen molar-refractivity contribution in [1.82, 2.24) is 9.62 Å². The molecule has 41 heavy (non-hydrogen) atoms. The van der Waals surface area contributed by atoms with Crippen molar-refractivity contribution in [2.75, 3.05) is 19.3 Å². The van der Waals surface area contributed by atoms with E-state index in [0.717, 1.165) is 17.5 Å². The highest BCUT2D eigenvalue weighted by Gasteiger charge is 2.47. The van der Waals surface area contributed by atoms with E-state index in [0.29, 0.717) is 5.56 Å². The van der Waals surface area contributed by atoms with Gasteiger partial charge in [-0.15, -0.1) is 0 Å². The third-order valence-corrected chi connectivity index (χ3v) is 7.34. The van der Waals surface area contributed by atoms with E-state index in [1.165, 1.54) is 25.1 Å². The van der Waals surface area contributed by atoms with E-state index in [9.17, 15) is 52.7 Å². The second-order valence-electron chi connectivity index (χ2n) is 9.25. The molecule has 1 aliphatic rings. The predicted molar refractivity (Wildman–Crippen MR) is 127 cm³/mol. The van der Waals surface area contributed by atoms with Crippen LogP contribution in [0.1, 0.15) is 57.6 Å². The first-order valence-corrected chi connectivity index (χ1v) is 13.4. The average Bonchev–Trinajstić information content (AvgIpc) is 2.79. The fourth-order valence-electron chi connectivity index (χ4n) is 3.87. The number of aryl methyl sites for hydroxylation is 1. The molecule has 2 aromatic rings. The summed E-state index contributed by atoms with van der Waals surface area (Å²) in [6.45, 7) is 2.80. The lowest BCUT2D eigenvalue weighted by molar-refractivity contribution is -0.225. The van der Waals surface area contributed by atoms with Gasteiger partial charge in [-0.25, -0.2) is 21.6 Å². The molecule has 1 aliphatic heterocycles. The number of hydrogen-bond donors (Lipinski definition) is 1. The lowest BCUT2D eigenvalue weighted by Crippen LogP contribution is -2.60. The number of alkyl halides is 8. The zero-order chi connectivity index (χ0) is 31.1. The summed E-state index contributed by atoms with van der Waals surface area (Å²) in [6, 6.07) is 2.93. The second kappa shape index (κ2) is 11.5. The second-order valence-corrected chi connectivity index (χ2v) is 11.2. The van der Waals surface area contributed by atoms with Gasteiger partial charge in [-0.3, -0.25) is 4.79 Å². The Labute approximate surface area is 228 Å². The van der Waals surface area contributed by atoms with Crippen LogP contribution in [0.3, 0.4) is 0 Å². The topological polar surface area (TPSA) is 88.1 Å². The molecule has 0 aromatic heterocycles. The van der Waals surface area contributed by atoms with Gasteiger partial charge >= 0.3 is 12.4 Å². The Kier molecular flexibility index (Phi) is 9.03. The third-order valence-electron chi connectivity index (χ3n) is 6.11. The number of carbonyl (C=O) groups excluding carboxylic acids is 1. The van der Waals surface area contributed by atoms with E-state index in [-0.39, 0.29) is 42.1 Å². The van der Waals surface area contributed by atoms with E-state index >= 15 is 0 Å². The number of sulfonamides is 1. The van der Waals surface area contributed by atoms with Gasteiger partial charge in [-0.05, 0) is 49.2 Å². The Morgan fingerprint density at radius 2 is 1.66 bits per heavy atom. The first kappa shape index (κ1) is 32.2. The Morgan fingerprint density at radius 3 is 2.15 bits per heavy atom. The smallest absolute Gasteiger partial charge is 0.377 e. The van der Waals surface area contributed by atoms with Gasteiger partial charge in [0.2, 0.25) is 16.1 Å². The van der Waals surface area contributed by atoms with Gasteiger partial charge in [-0.1, -0.05) is 11.2 Å². The molecule has 1 heterocycles. The van der Waals surface area contributed by atoms with Crippen molar-refractivity contribution in [3.8, 4) is 0 Å². The highest BCUT2D eigenvalue weighted by atomic mass is 32.2. The number of benzene rings is 2. The minimum Gasteiger partial charge on any atom is -0.377 e. The summed E-state index contributed by atoms with van der Waals surface area (Å²) in [6.07, 6.45) is -17.2. The standard InChI is InChI=1S/C24H22F9N3O4S/c1-11-6-13(4-5-16(11)22(37)34-15-9-36(10-15)41(3,38)39)12(2)35-40-20(24(31,32)33)17-7-14(23(28,29)30)8-18(19(17)25)21(26)27/h4-8,15,20-21H,9-10H2,1-3H3,(H,34,37)/b35-12+. The molecule has 17 heteroatoms. The molecule has 0 radical (unpaired) electrons. The Balaban J connectivity index is 1.85. The van der Waals surface area contributed by atoms with Crippen molar-refractivity contribution in [2.24, 2.45) is 5.16 Å². The van der Waals surface area contributed by atoms with Crippen LogP contribution >= 0.6 is 0 Å². The van der Waals surface area contributed by atoms with E-state index in [4.69, 9.17) is 0 Å². The maximum atomic E-state index is 14.5. The minimum atomic E-state index is -5.56. The molecule has 3 rings (SSSR count). The highest BCUT2D eigenvalue weighted by Crippen LogP contribution is 2.42. The van der Waals surface area contributed by atoms with Gasteiger partial charge < -0.3 is 10.2 Å². The van der Waals surface area contributed by atoms with Gasteiger partial charge in [0.1, 0.15) is 5.82 Å². The summed E-state index contributed by atoms with van der Waals surface area (Å²) >= 11 is 0. The largest absolute Gasteiger partial charge is 0.432 e. The van der Waals surface area contributed by atoms with Crippen LogP contribution in [0.4, 0.5) is 39.5 Å². The summed E-state index contributed by atoms with van der Waals surface area (Å²) in [5.74, 6) is -2.77. The number of hydrogen-bond acceptors (Lipinski definition) is 5. The first-order valence-electron chi connectivity index (χ1n) is 11.5.